The third-order valence-electron chi connectivity index (χ3n) is 3.22. The Bertz CT molecular complexity index is 711. The van der Waals surface area contributed by atoms with Gasteiger partial charge in [0.15, 0.2) is 0 Å². The van der Waals surface area contributed by atoms with Crippen LogP contribution in [0, 0.1) is 6.92 Å². The number of hydrogen-bond donors (Lipinski definition) is 3. The molecule has 1 aromatic heterocycles. The minimum atomic E-state index is -1.42. The molecule has 0 aliphatic heterocycles. The number of rotatable bonds is 4. The number of aliphatic hydroxyl groups is 1. The molecule has 23 heavy (non-hydrogen) atoms. The van der Waals surface area contributed by atoms with Gasteiger partial charge in [0.1, 0.15) is 11.4 Å². The van der Waals surface area contributed by atoms with Crippen LogP contribution in [0.5, 0.6) is 0 Å². The molecule has 3 N–H and O–H groups in total. The highest BCUT2D eigenvalue weighted by molar-refractivity contribution is 6.41. The summed E-state index contributed by atoms with van der Waals surface area (Å²) in [6.07, 6.45) is 1.41. The maximum absolute atomic E-state index is 11.9. The van der Waals surface area contributed by atoms with Crippen molar-refractivity contribution < 1.29 is 19.1 Å². The van der Waals surface area contributed by atoms with Crippen molar-refractivity contribution in [1.29, 1.82) is 0 Å². The standard InChI is InChI=1S/C16H17ClN2O4/c1-10-5-6-12(11(17)8-10)19-15(21)14(20)18-9-16(2,22)13-4-3-7-23-13/h3-8,22H,9H2,1-2H3,(H,18,20)(H,19,21). The molecule has 0 saturated carbocycles. The molecular formula is C16H17ClN2O4. The lowest BCUT2D eigenvalue weighted by atomic mass is 10.0. The molecule has 7 heteroatoms. The summed E-state index contributed by atoms with van der Waals surface area (Å²) in [5.74, 6) is -1.46. The molecule has 0 radical (unpaired) electrons. The summed E-state index contributed by atoms with van der Waals surface area (Å²) in [7, 11) is 0. The minimum Gasteiger partial charge on any atom is -0.466 e. The normalized spacial score (nSPS) is 13.2. The number of anilines is 1. The van der Waals surface area contributed by atoms with Crippen LogP contribution in [0.15, 0.2) is 41.0 Å². The maximum atomic E-state index is 11.9. The highest BCUT2D eigenvalue weighted by Crippen LogP contribution is 2.23. The van der Waals surface area contributed by atoms with Gasteiger partial charge in [-0.15, -0.1) is 0 Å². The highest BCUT2D eigenvalue weighted by Gasteiger charge is 2.28. The summed E-state index contributed by atoms with van der Waals surface area (Å²) in [6, 6.07) is 8.26. The first kappa shape index (κ1) is 17.1. The average molecular weight is 337 g/mol. The summed E-state index contributed by atoms with van der Waals surface area (Å²) in [6.45, 7) is 3.16. The Morgan fingerprint density at radius 2 is 2.04 bits per heavy atom. The molecule has 0 saturated heterocycles. The smallest absolute Gasteiger partial charge is 0.313 e. The van der Waals surface area contributed by atoms with E-state index in [2.05, 4.69) is 10.6 Å². The number of halogens is 1. The zero-order valence-corrected chi connectivity index (χ0v) is 13.5. The van der Waals surface area contributed by atoms with E-state index in [4.69, 9.17) is 16.0 Å². The zero-order chi connectivity index (χ0) is 17.0. The number of benzene rings is 1. The second-order valence-corrected chi connectivity index (χ2v) is 5.78. The molecule has 2 aromatic rings. The van der Waals surface area contributed by atoms with Gasteiger partial charge < -0.3 is 20.2 Å². The molecule has 6 nitrogen and oxygen atoms in total. The van der Waals surface area contributed by atoms with Crippen LogP contribution in [0.25, 0.3) is 0 Å². The van der Waals surface area contributed by atoms with Crippen molar-refractivity contribution in [2.24, 2.45) is 0 Å². The van der Waals surface area contributed by atoms with Crippen molar-refractivity contribution in [3.05, 3.63) is 52.9 Å². The van der Waals surface area contributed by atoms with Gasteiger partial charge in [-0.1, -0.05) is 17.7 Å². The predicted octanol–water partition coefficient (Wildman–Crippen LogP) is 2.20. The van der Waals surface area contributed by atoms with Crippen LogP contribution in [0.4, 0.5) is 5.69 Å². The van der Waals surface area contributed by atoms with Crippen LogP contribution in [0.1, 0.15) is 18.2 Å². The van der Waals surface area contributed by atoms with Gasteiger partial charge in [-0.05, 0) is 43.7 Å². The number of amides is 2. The fourth-order valence-corrected chi connectivity index (χ4v) is 2.19. The van der Waals surface area contributed by atoms with Crippen LogP contribution in [0.2, 0.25) is 5.02 Å². The Balaban J connectivity index is 1.94. The van der Waals surface area contributed by atoms with E-state index >= 15 is 0 Å². The van der Waals surface area contributed by atoms with Gasteiger partial charge in [0.25, 0.3) is 0 Å². The number of carbonyl (C=O) groups excluding carboxylic acids is 2. The van der Waals surface area contributed by atoms with Gasteiger partial charge in [-0.2, -0.15) is 0 Å². The quantitative estimate of drug-likeness (QED) is 0.746. The van der Waals surface area contributed by atoms with E-state index in [1.165, 1.54) is 13.2 Å². The van der Waals surface area contributed by atoms with E-state index in [9.17, 15) is 14.7 Å². The van der Waals surface area contributed by atoms with Gasteiger partial charge in [-0.3, -0.25) is 9.59 Å². The van der Waals surface area contributed by atoms with E-state index in [0.29, 0.717) is 16.5 Å². The monoisotopic (exact) mass is 336 g/mol. The van der Waals surface area contributed by atoms with Crippen LogP contribution in [-0.4, -0.2) is 23.5 Å². The van der Waals surface area contributed by atoms with Crippen molar-refractivity contribution in [2.75, 3.05) is 11.9 Å². The third kappa shape index (κ3) is 4.34. The van der Waals surface area contributed by atoms with Gasteiger partial charge in [0.05, 0.1) is 23.5 Å². The van der Waals surface area contributed by atoms with Crippen molar-refractivity contribution >= 4 is 29.1 Å². The Labute approximate surface area is 138 Å². The largest absolute Gasteiger partial charge is 0.466 e. The van der Waals surface area contributed by atoms with Crippen molar-refractivity contribution in [1.82, 2.24) is 5.32 Å². The van der Waals surface area contributed by atoms with E-state index in [-0.39, 0.29) is 6.54 Å². The Hall–Kier alpha value is -2.31. The molecule has 0 bridgehead atoms. The second-order valence-electron chi connectivity index (χ2n) is 5.37. The molecule has 0 fully saturated rings. The number of carbonyl (C=O) groups is 2. The molecule has 0 spiro atoms. The van der Waals surface area contributed by atoms with Gasteiger partial charge in [0, 0.05) is 0 Å². The second kappa shape index (κ2) is 6.85. The lowest BCUT2D eigenvalue weighted by molar-refractivity contribution is -0.136. The molecule has 0 aliphatic rings. The first-order valence-electron chi connectivity index (χ1n) is 6.91. The molecule has 1 unspecified atom stereocenters. The summed E-state index contributed by atoms with van der Waals surface area (Å²) in [5.41, 5.74) is -0.136. The third-order valence-corrected chi connectivity index (χ3v) is 3.54. The van der Waals surface area contributed by atoms with Crippen molar-refractivity contribution in [2.45, 2.75) is 19.4 Å². The van der Waals surface area contributed by atoms with E-state index in [1.54, 1.807) is 30.3 Å². The Morgan fingerprint density at radius 3 is 2.65 bits per heavy atom. The fourth-order valence-electron chi connectivity index (χ4n) is 1.91. The molecule has 1 heterocycles. The zero-order valence-electron chi connectivity index (χ0n) is 12.7. The summed E-state index contributed by atoms with van der Waals surface area (Å²) < 4.78 is 5.09. The van der Waals surface area contributed by atoms with Crippen LogP contribution < -0.4 is 10.6 Å². The predicted molar refractivity (Wildman–Crippen MR) is 86.1 cm³/mol. The molecule has 0 aliphatic carbocycles. The molecule has 2 amide bonds. The number of furan rings is 1. The Kier molecular flexibility index (Phi) is 5.08. The van der Waals surface area contributed by atoms with E-state index < -0.39 is 17.4 Å². The topological polar surface area (TPSA) is 91.6 Å². The molecular weight excluding hydrogens is 320 g/mol. The van der Waals surface area contributed by atoms with Gasteiger partial charge in [-0.25, -0.2) is 0 Å². The SMILES string of the molecule is Cc1ccc(NC(=O)C(=O)NCC(C)(O)c2ccco2)c(Cl)c1. The fraction of sp³-hybridized carbons (Fsp3) is 0.250. The van der Waals surface area contributed by atoms with E-state index in [1.807, 2.05) is 6.92 Å². The lowest BCUT2D eigenvalue weighted by Crippen LogP contribution is -2.43. The maximum Gasteiger partial charge on any atom is 0.313 e. The Morgan fingerprint density at radius 1 is 1.30 bits per heavy atom. The summed E-state index contributed by atoms with van der Waals surface area (Å²) in [4.78, 5) is 23.7. The molecule has 1 aromatic carbocycles. The molecule has 1 atom stereocenters. The van der Waals surface area contributed by atoms with E-state index in [0.717, 1.165) is 5.56 Å². The first-order valence-corrected chi connectivity index (χ1v) is 7.29. The van der Waals surface area contributed by atoms with Gasteiger partial charge >= 0.3 is 11.8 Å². The average Bonchev–Trinajstić information content (AvgIpc) is 3.02. The van der Waals surface area contributed by atoms with Crippen LogP contribution in [0.3, 0.4) is 0 Å². The minimum absolute atomic E-state index is 0.172. The molecule has 2 rings (SSSR count). The first-order chi connectivity index (χ1) is 10.8. The van der Waals surface area contributed by atoms with Crippen molar-refractivity contribution in [3.8, 4) is 0 Å². The lowest BCUT2D eigenvalue weighted by Gasteiger charge is -2.20. The summed E-state index contributed by atoms with van der Waals surface area (Å²) >= 11 is 6.00. The number of nitrogens with one attached hydrogen (secondary N) is 2. The van der Waals surface area contributed by atoms with Crippen LogP contribution in [-0.2, 0) is 15.2 Å². The number of aryl methyl sites for hydroxylation is 1. The van der Waals surface area contributed by atoms with Crippen molar-refractivity contribution in [3.63, 3.8) is 0 Å². The molecule has 122 valence electrons. The summed E-state index contributed by atoms with van der Waals surface area (Å²) in [5, 5.41) is 15.3. The number of hydrogen-bond acceptors (Lipinski definition) is 4. The van der Waals surface area contributed by atoms with Crippen LogP contribution >= 0.6 is 11.6 Å². The van der Waals surface area contributed by atoms with Gasteiger partial charge in [0.2, 0.25) is 0 Å². The highest BCUT2D eigenvalue weighted by atomic mass is 35.5.